The molecule has 0 N–H and O–H groups in total. The molecule has 198 valence electrons. The molecule has 1 saturated heterocycles. The first kappa shape index (κ1) is 26.1. The van der Waals surface area contributed by atoms with E-state index in [0.717, 1.165) is 11.0 Å². The third-order valence-corrected chi connectivity index (χ3v) is 7.13. The largest absolute Gasteiger partial charge is 0.436 e. The highest BCUT2D eigenvalue weighted by atomic mass is 35.5. The summed E-state index contributed by atoms with van der Waals surface area (Å²) < 4.78 is 5.79. The minimum absolute atomic E-state index is 0.00721. The molecule has 1 fully saturated rings. The van der Waals surface area contributed by atoms with E-state index in [1.807, 2.05) is 31.2 Å². The molecule has 2 atom stereocenters. The van der Waals surface area contributed by atoms with Crippen LogP contribution in [0.1, 0.15) is 37.0 Å². The fraction of sp³-hybridized carbons (Fsp3) is 0.214. The number of rotatable bonds is 7. The number of anilines is 1. The molecule has 4 aromatic rings. The number of carbonyl (C=O) groups is 3. The van der Waals surface area contributed by atoms with Gasteiger partial charge in [-0.1, -0.05) is 30.7 Å². The second kappa shape index (κ2) is 10.3. The van der Waals surface area contributed by atoms with E-state index in [2.05, 4.69) is 4.98 Å². The average molecular weight is 547 g/mol. The third-order valence-electron chi connectivity index (χ3n) is 6.81. The van der Waals surface area contributed by atoms with Gasteiger partial charge in [-0.15, -0.1) is 0 Å². The van der Waals surface area contributed by atoms with Gasteiger partial charge in [-0.25, -0.2) is 9.88 Å². The van der Waals surface area contributed by atoms with Crippen LogP contribution in [0.3, 0.4) is 0 Å². The van der Waals surface area contributed by atoms with E-state index in [-0.39, 0.29) is 17.0 Å². The number of carbonyl (C=O) groups excluding carboxylic acids is 3. The lowest BCUT2D eigenvalue weighted by Gasteiger charge is -2.33. The van der Waals surface area contributed by atoms with E-state index in [1.54, 1.807) is 31.2 Å². The molecule has 1 aliphatic rings. The van der Waals surface area contributed by atoms with Gasteiger partial charge in [0.2, 0.25) is 11.8 Å². The lowest BCUT2D eigenvalue weighted by atomic mass is 10.1. The van der Waals surface area contributed by atoms with E-state index in [9.17, 15) is 24.5 Å². The number of nitro groups is 1. The van der Waals surface area contributed by atoms with Gasteiger partial charge in [0, 0.05) is 23.2 Å². The molecule has 11 heteroatoms. The molecule has 0 spiro atoms. The number of amides is 3. The number of hydrogen-bond donors (Lipinski definition) is 0. The number of hydrogen-bond acceptors (Lipinski definition) is 7. The van der Waals surface area contributed by atoms with Crippen LogP contribution < -0.4 is 4.90 Å². The van der Waals surface area contributed by atoms with Crippen LogP contribution in [0, 0.1) is 10.1 Å². The number of para-hydroxylation sites is 2. The van der Waals surface area contributed by atoms with Crippen molar-refractivity contribution in [2.45, 2.75) is 38.8 Å². The summed E-state index contributed by atoms with van der Waals surface area (Å²) in [4.78, 5) is 57.7. The molecule has 2 heterocycles. The smallest absolute Gasteiger partial charge is 0.288 e. The number of nitro benzene ring substituents is 1. The standard InChI is InChI=1S/C28H23ClN4O6/c1-3-16(2)31(27(35)18-10-13-20(29)22(14-18)33(37)38)23-15-25(34)32(28(23)36)19-11-8-17(9-12-19)26-30-21-6-4-5-7-24(21)39-26/h4-14,16,23H,3,15H2,1-2H3. The predicted octanol–water partition coefficient (Wildman–Crippen LogP) is 5.63. The molecule has 0 radical (unpaired) electrons. The number of imide groups is 1. The van der Waals surface area contributed by atoms with E-state index in [1.165, 1.54) is 17.0 Å². The van der Waals surface area contributed by atoms with Crippen LogP contribution in [0.5, 0.6) is 0 Å². The molecule has 3 amide bonds. The summed E-state index contributed by atoms with van der Waals surface area (Å²) >= 11 is 5.91. The fourth-order valence-corrected chi connectivity index (χ4v) is 4.82. The SMILES string of the molecule is CCC(C)N(C(=O)c1ccc(Cl)c([N+](=O)[O-])c1)C1CC(=O)N(c2ccc(-c3nc4ccccc4o3)cc2)C1=O. The number of benzene rings is 3. The minimum Gasteiger partial charge on any atom is -0.436 e. The zero-order valence-corrected chi connectivity index (χ0v) is 21.8. The normalized spacial score (nSPS) is 16.1. The lowest BCUT2D eigenvalue weighted by molar-refractivity contribution is -0.384. The van der Waals surface area contributed by atoms with Crippen molar-refractivity contribution in [2.24, 2.45) is 0 Å². The predicted molar refractivity (Wildman–Crippen MR) is 144 cm³/mol. The first-order valence-corrected chi connectivity index (χ1v) is 12.7. The Hall–Kier alpha value is -4.57. The molecule has 10 nitrogen and oxygen atoms in total. The zero-order chi connectivity index (χ0) is 27.8. The van der Waals surface area contributed by atoms with E-state index >= 15 is 0 Å². The van der Waals surface area contributed by atoms with E-state index < -0.39 is 40.4 Å². The summed E-state index contributed by atoms with van der Waals surface area (Å²) in [5.74, 6) is -1.19. The van der Waals surface area contributed by atoms with Gasteiger partial charge in [0.25, 0.3) is 17.5 Å². The summed E-state index contributed by atoms with van der Waals surface area (Å²) in [6, 6.07) is 16.3. The highest BCUT2D eigenvalue weighted by molar-refractivity contribution is 6.32. The maximum Gasteiger partial charge on any atom is 0.288 e. The Labute approximate surface area is 227 Å². The van der Waals surface area contributed by atoms with Gasteiger partial charge >= 0.3 is 0 Å². The summed E-state index contributed by atoms with van der Waals surface area (Å²) in [6.07, 6.45) is 0.288. The monoisotopic (exact) mass is 546 g/mol. The van der Waals surface area contributed by atoms with Crippen molar-refractivity contribution in [1.29, 1.82) is 0 Å². The van der Waals surface area contributed by atoms with Crippen molar-refractivity contribution in [3.8, 4) is 11.5 Å². The van der Waals surface area contributed by atoms with E-state index in [0.29, 0.717) is 34.7 Å². The van der Waals surface area contributed by atoms with Gasteiger partial charge < -0.3 is 9.32 Å². The Morgan fingerprint density at radius 3 is 2.56 bits per heavy atom. The molecule has 5 rings (SSSR count). The Balaban J connectivity index is 1.42. The number of fused-ring (bicyclic) bond motifs is 1. The highest BCUT2D eigenvalue weighted by Gasteiger charge is 2.46. The van der Waals surface area contributed by atoms with Gasteiger partial charge in [-0.05, 0) is 61.9 Å². The summed E-state index contributed by atoms with van der Waals surface area (Å²) in [5.41, 5.74) is 1.97. The van der Waals surface area contributed by atoms with Gasteiger partial charge in [-0.3, -0.25) is 24.5 Å². The number of halogens is 1. The van der Waals surface area contributed by atoms with Crippen LogP contribution in [-0.2, 0) is 9.59 Å². The first-order valence-electron chi connectivity index (χ1n) is 12.3. The quantitative estimate of drug-likeness (QED) is 0.167. The van der Waals surface area contributed by atoms with Crippen molar-refractivity contribution in [2.75, 3.05) is 4.90 Å². The highest BCUT2D eigenvalue weighted by Crippen LogP contribution is 2.32. The molecule has 0 saturated carbocycles. The van der Waals surface area contributed by atoms with Crippen molar-refractivity contribution in [3.63, 3.8) is 0 Å². The Morgan fingerprint density at radius 1 is 1.18 bits per heavy atom. The van der Waals surface area contributed by atoms with Crippen molar-refractivity contribution < 1.29 is 23.7 Å². The van der Waals surface area contributed by atoms with Gasteiger partial charge in [-0.2, -0.15) is 0 Å². The van der Waals surface area contributed by atoms with Crippen molar-refractivity contribution >= 4 is 51.8 Å². The maximum absolute atomic E-state index is 13.6. The van der Waals surface area contributed by atoms with Gasteiger partial charge in [0.15, 0.2) is 5.58 Å². The molecule has 2 unspecified atom stereocenters. The fourth-order valence-electron chi connectivity index (χ4n) is 4.63. The van der Waals surface area contributed by atoms with Crippen molar-refractivity contribution in [3.05, 3.63) is 87.4 Å². The Bertz CT molecular complexity index is 1580. The number of oxazole rings is 1. The molecule has 0 aliphatic carbocycles. The molecular weight excluding hydrogens is 524 g/mol. The van der Waals surface area contributed by atoms with Crippen LogP contribution in [0.25, 0.3) is 22.6 Å². The molecule has 1 aliphatic heterocycles. The van der Waals surface area contributed by atoms with E-state index in [4.69, 9.17) is 16.0 Å². The molecule has 39 heavy (non-hydrogen) atoms. The van der Waals surface area contributed by atoms with Crippen LogP contribution in [0.4, 0.5) is 11.4 Å². The van der Waals surface area contributed by atoms with Gasteiger partial charge in [0.1, 0.15) is 16.6 Å². The second-order valence-electron chi connectivity index (χ2n) is 9.21. The first-order chi connectivity index (χ1) is 18.7. The maximum atomic E-state index is 13.6. The molecule has 3 aromatic carbocycles. The number of nitrogens with zero attached hydrogens (tertiary/aromatic N) is 4. The third kappa shape index (κ3) is 4.74. The van der Waals surface area contributed by atoms with Crippen molar-refractivity contribution in [1.82, 2.24) is 9.88 Å². The van der Waals surface area contributed by atoms with Crippen LogP contribution in [-0.4, -0.2) is 44.6 Å². The minimum atomic E-state index is -1.06. The Kier molecular flexibility index (Phi) is 6.88. The van der Waals surface area contributed by atoms with Gasteiger partial charge in [0.05, 0.1) is 17.0 Å². The Morgan fingerprint density at radius 2 is 1.90 bits per heavy atom. The topological polar surface area (TPSA) is 127 Å². The summed E-state index contributed by atoms with van der Waals surface area (Å²) in [6.45, 7) is 3.61. The summed E-state index contributed by atoms with van der Waals surface area (Å²) in [5, 5.41) is 11.2. The zero-order valence-electron chi connectivity index (χ0n) is 21.0. The summed E-state index contributed by atoms with van der Waals surface area (Å²) in [7, 11) is 0. The second-order valence-corrected chi connectivity index (χ2v) is 9.62. The molecule has 1 aromatic heterocycles. The lowest BCUT2D eigenvalue weighted by Crippen LogP contribution is -2.49. The average Bonchev–Trinajstić information content (AvgIpc) is 3.49. The molecule has 0 bridgehead atoms. The van der Waals surface area contributed by atoms with Crippen LogP contribution >= 0.6 is 11.6 Å². The van der Waals surface area contributed by atoms with Crippen LogP contribution in [0.15, 0.2) is 71.1 Å². The number of aromatic nitrogens is 1. The molecular formula is C28H23ClN4O6. The van der Waals surface area contributed by atoms with Crippen LogP contribution in [0.2, 0.25) is 5.02 Å².